The highest BCUT2D eigenvalue weighted by Crippen LogP contribution is 2.27. The Morgan fingerprint density at radius 2 is 1.76 bits per heavy atom. The maximum Gasteiger partial charge on any atom is 0.220 e. The van der Waals surface area contributed by atoms with Gasteiger partial charge in [-0.1, -0.05) is 57.5 Å². The van der Waals surface area contributed by atoms with Crippen LogP contribution in [-0.2, 0) is 4.79 Å². The van der Waals surface area contributed by atoms with E-state index in [1.807, 2.05) is 0 Å². The summed E-state index contributed by atoms with van der Waals surface area (Å²) in [5, 5.41) is 4.09. The third-order valence-electron chi connectivity index (χ3n) is 3.54. The lowest BCUT2D eigenvalue weighted by molar-refractivity contribution is -0.123. The van der Waals surface area contributed by atoms with Gasteiger partial charge in [-0.3, -0.25) is 4.79 Å². The van der Waals surface area contributed by atoms with Crippen molar-refractivity contribution >= 4 is 21.8 Å². The molecule has 2 nitrogen and oxygen atoms in total. The Labute approximate surface area is 115 Å². The van der Waals surface area contributed by atoms with E-state index >= 15 is 0 Å². The summed E-state index contributed by atoms with van der Waals surface area (Å²) >= 11 is 3.44. The number of carbonyl (C=O) groups is 1. The fourth-order valence-electron chi connectivity index (χ4n) is 1.54. The van der Waals surface area contributed by atoms with Crippen LogP contribution in [0.1, 0.15) is 54.4 Å². The molecule has 0 aromatic heterocycles. The van der Waals surface area contributed by atoms with Gasteiger partial charge in [0.05, 0.1) is 0 Å². The highest BCUT2D eigenvalue weighted by atomic mass is 79.9. The predicted molar refractivity (Wildman–Crippen MR) is 78.4 cm³/mol. The van der Waals surface area contributed by atoms with E-state index in [1.165, 1.54) is 0 Å². The third kappa shape index (κ3) is 7.07. The lowest BCUT2D eigenvalue weighted by Crippen LogP contribution is -2.40. The summed E-state index contributed by atoms with van der Waals surface area (Å²) in [4.78, 5) is 12.0. The van der Waals surface area contributed by atoms with Crippen molar-refractivity contribution in [2.75, 3.05) is 5.33 Å². The second kappa shape index (κ2) is 7.40. The monoisotopic (exact) mass is 305 g/mol. The summed E-state index contributed by atoms with van der Waals surface area (Å²) in [5.74, 6) is 1.08. The molecule has 2 unspecified atom stereocenters. The molecule has 1 amide bonds. The van der Waals surface area contributed by atoms with Crippen molar-refractivity contribution in [3.05, 3.63) is 0 Å². The summed E-state index contributed by atoms with van der Waals surface area (Å²) in [6, 6.07) is 0.286. The number of amides is 1. The smallest absolute Gasteiger partial charge is 0.220 e. The van der Waals surface area contributed by atoms with Gasteiger partial charge in [-0.2, -0.15) is 0 Å². The first kappa shape index (κ1) is 16.9. The molecule has 0 aliphatic heterocycles. The molecule has 0 saturated carbocycles. The molecule has 0 aromatic carbocycles. The Morgan fingerprint density at radius 3 is 2.12 bits per heavy atom. The van der Waals surface area contributed by atoms with Crippen molar-refractivity contribution in [1.29, 1.82) is 0 Å². The average molecular weight is 306 g/mol. The highest BCUT2D eigenvalue weighted by Gasteiger charge is 2.24. The molecular formula is C14H28BrNO. The number of hydrogen-bond acceptors (Lipinski definition) is 1. The van der Waals surface area contributed by atoms with E-state index in [4.69, 9.17) is 0 Å². The number of nitrogens with one attached hydrogen (secondary N) is 1. The number of carbonyl (C=O) groups excluding carboxylic acids is 1. The zero-order chi connectivity index (χ0) is 13.6. The van der Waals surface area contributed by atoms with Crippen LogP contribution in [0.4, 0.5) is 0 Å². The van der Waals surface area contributed by atoms with Crippen LogP contribution in [-0.4, -0.2) is 17.3 Å². The zero-order valence-corrected chi connectivity index (χ0v) is 13.7. The maximum atomic E-state index is 12.0. The van der Waals surface area contributed by atoms with Crippen LogP contribution in [0.25, 0.3) is 0 Å². The summed E-state index contributed by atoms with van der Waals surface area (Å²) < 4.78 is 0. The maximum absolute atomic E-state index is 12.0. The first-order valence-corrected chi connectivity index (χ1v) is 7.66. The molecule has 0 bridgehead atoms. The summed E-state index contributed by atoms with van der Waals surface area (Å²) in [5.41, 5.74) is 0.195. The third-order valence-corrected chi connectivity index (χ3v) is 4.00. The molecule has 3 heteroatoms. The first-order chi connectivity index (χ1) is 7.68. The summed E-state index contributed by atoms with van der Waals surface area (Å²) in [6.45, 7) is 13.0. The average Bonchev–Trinajstić information content (AvgIpc) is 2.15. The molecule has 0 rings (SSSR count). The topological polar surface area (TPSA) is 29.1 Å². The van der Waals surface area contributed by atoms with Crippen LogP contribution >= 0.6 is 15.9 Å². The molecule has 102 valence electrons. The van der Waals surface area contributed by atoms with E-state index in [-0.39, 0.29) is 17.4 Å². The van der Waals surface area contributed by atoms with Gasteiger partial charge in [0.25, 0.3) is 0 Å². The quantitative estimate of drug-likeness (QED) is 0.739. The van der Waals surface area contributed by atoms with Crippen LogP contribution in [0, 0.1) is 17.3 Å². The minimum atomic E-state index is 0.187. The Balaban J connectivity index is 4.24. The van der Waals surface area contributed by atoms with Gasteiger partial charge in [0.2, 0.25) is 5.91 Å². The molecule has 0 aliphatic rings. The molecule has 17 heavy (non-hydrogen) atoms. The lowest BCUT2D eigenvalue weighted by Gasteiger charge is -2.28. The van der Waals surface area contributed by atoms with Gasteiger partial charge in [-0.15, -0.1) is 0 Å². The molecule has 1 N–H and O–H groups in total. The molecule has 0 fully saturated rings. The Morgan fingerprint density at radius 1 is 1.24 bits per heavy atom. The van der Waals surface area contributed by atoms with Crippen molar-refractivity contribution in [2.45, 2.75) is 60.4 Å². The van der Waals surface area contributed by atoms with Crippen LogP contribution < -0.4 is 5.32 Å². The van der Waals surface area contributed by atoms with E-state index in [1.54, 1.807) is 0 Å². The second-order valence-electron chi connectivity index (χ2n) is 6.37. The molecule has 0 aliphatic carbocycles. The normalized spacial score (nSPS) is 15.8. The fourth-order valence-corrected chi connectivity index (χ4v) is 2.03. The molecule has 0 aromatic rings. The highest BCUT2D eigenvalue weighted by molar-refractivity contribution is 9.09. The molecular weight excluding hydrogens is 278 g/mol. The summed E-state index contributed by atoms with van der Waals surface area (Å²) in [6.07, 6.45) is 1.61. The van der Waals surface area contributed by atoms with E-state index < -0.39 is 0 Å². The van der Waals surface area contributed by atoms with Gasteiger partial charge < -0.3 is 5.32 Å². The van der Waals surface area contributed by atoms with Crippen molar-refractivity contribution < 1.29 is 4.79 Å². The minimum absolute atomic E-state index is 0.187. The molecule has 2 atom stereocenters. The molecule has 0 saturated heterocycles. The molecule has 0 radical (unpaired) electrons. The van der Waals surface area contributed by atoms with Gasteiger partial charge in [0.1, 0.15) is 0 Å². The van der Waals surface area contributed by atoms with E-state index in [0.29, 0.717) is 18.3 Å². The second-order valence-corrected chi connectivity index (χ2v) is 7.16. The van der Waals surface area contributed by atoms with Gasteiger partial charge in [-0.05, 0) is 23.7 Å². The van der Waals surface area contributed by atoms with E-state index in [0.717, 1.165) is 11.8 Å². The van der Waals surface area contributed by atoms with Gasteiger partial charge in [0, 0.05) is 17.8 Å². The van der Waals surface area contributed by atoms with Crippen LogP contribution in [0.5, 0.6) is 0 Å². The van der Waals surface area contributed by atoms with E-state index in [2.05, 4.69) is 62.8 Å². The van der Waals surface area contributed by atoms with Gasteiger partial charge in [-0.25, -0.2) is 0 Å². The van der Waals surface area contributed by atoms with Crippen molar-refractivity contribution in [1.82, 2.24) is 5.32 Å². The predicted octanol–water partition coefficient (Wildman–Crippen LogP) is 3.98. The lowest BCUT2D eigenvalue weighted by atomic mass is 9.80. The summed E-state index contributed by atoms with van der Waals surface area (Å²) in [7, 11) is 0. The SMILES string of the molecule is CC(C)C(CCBr)NC(=O)CC(C)C(C)(C)C. The standard InChI is InChI=1S/C14H28BrNO/c1-10(2)12(7-8-15)16-13(17)9-11(3)14(4,5)6/h10-12H,7-9H2,1-6H3,(H,16,17). The molecule has 0 heterocycles. The van der Waals surface area contributed by atoms with Crippen LogP contribution in [0.3, 0.4) is 0 Å². The Hall–Kier alpha value is -0.0500. The van der Waals surface area contributed by atoms with Crippen molar-refractivity contribution in [2.24, 2.45) is 17.3 Å². The van der Waals surface area contributed by atoms with Crippen molar-refractivity contribution in [3.63, 3.8) is 0 Å². The number of halogens is 1. The van der Waals surface area contributed by atoms with Crippen LogP contribution in [0.2, 0.25) is 0 Å². The van der Waals surface area contributed by atoms with Crippen molar-refractivity contribution in [3.8, 4) is 0 Å². The Bertz CT molecular complexity index is 233. The van der Waals surface area contributed by atoms with E-state index in [9.17, 15) is 4.79 Å². The van der Waals surface area contributed by atoms with Gasteiger partial charge >= 0.3 is 0 Å². The number of rotatable bonds is 6. The Kier molecular flexibility index (Phi) is 7.38. The first-order valence-electron chi connectivity index (χ1n) is 6.53. The minimum Gasteiger partial charge on any atom is -0.353 e. The molecule has 0 spiro atoms. The van der Waals surface area contributed by atoms with Gasteiger partial charge in [0.15, 0.2) is 0 Å². The zero-order valence-electron chi connectivity index (χ0n) is 12.1. The largest absolute Gasteiger partial charge is 0.353 e. The fraction of sp³-hybridized carbons (Fsp3) is 0.929. The number of hydrogen-bond donors (Lipinski definition) is 1. The number of alkyl halides is 1. The van der Waals surface area contributed by atoms with Crippen LogP contribution in [0.15, 0.2) is 0 Å².